The van der Waals surface area contributed by atoms with Crippen molar-refractivity contribution in [1.82, 2.24) is 4.57 Å². The molecule has 0 spiro atoms. The van der Waals surface area contributed by atoms with Crippen molar-refractivity contribution in [2.45, 2.75) is 6.18 Å². The second-order valence-electron chi connectivity index (χ2n) is 3.23. The van der Waals surface area contributed by atoms with Crippen molar-refractivity contribution in [2.75, 3.05) is 0 Å². The molecule has 16 heavy (non-hydrogen) atoms. The van der Waals surface area contributed by atoms with Crippen LogP contribution in [0.4, 0.5) is 13.2 Å². The number of oxazole rings is 1. The fraction of sp³-hybridized carbons (Fsp3) is 0.222. The van der Waals surface area contributed by atoms with Crippen LogP contribution in [0.15, 0.2) is 21.3 Å². The standard InChI is InChI=1S/C9H5ClF3NO2/c1-14-6-3-4(10)2-5(9(11,12)13)7(6)16-8(14)15/h2-3H,1H3. The second-order valence-corrected chi connectivity index (χ2v) is 3.66. The number of aryl methyl sites for hydroxylation is 1. The SMILES string of the molecule is Cn1c(=O)oc2c(C(F)(F)F)cc(Cl)cc21. The molecule has 2 rings (SSSR count). The smallest absolute Gasteiger partial charge is 0.407 e. The van der Waals surface area contributed by atoms with Crippen LogP contribution in [-0.4, -0.2) is 4.57 Å². The largest absolute Gasteiger partial charge is 0.420 e. The molecule has 0 bridgehead atoms. The first-order valence-corrected chi connectivity index (χ1v) is 4.55. The Morgan fingerprint density at radius 3 is 2.56 bits per heavy atom. The second kappa shape index (κ2) is 3.28. The van der Waals surface area contributed by atoms with E-state index in [1.807, 2.05) is 0 Å². The van der Waals surface area contributed by atoms with Crippen molar-refractivity contribution in [2.24, 2.45) is 7.05 Å². The highest BCUT2D eigenvalue weighted by Gasteiger charge is 2.35. The van der Waals surface area contributed by atoms with Crippen LogP contribution in [0.2, 0.25) is 5.02 Å². The van der Waals surface area contributed by atoms with E-state index in [9.17, 15) is 18.0 Å². The van der Waals surface area contributed by atoms with Crippen LogP contribution in [0, 0.1) is 0 Å². The lowest BCUT2D eigenvalue weighted by molar-refractivity contribution is -0.136. The summed E-state index contributed by atoms with van der Waals surface area (Å²) in [5.74, 6) is -0.859. The highest BCUT2D eigenvalue weighted by molar-refractivity contribution is 6.31. The highest BCUT2D eigenvalue weighted by atomic mass is 35.5. The molecular weight excluding hydrogens is 247 g/mol. The van der Waals surface area contributed by atoms with Gasteiger partial charge < -0.3 is 4.42 Å². The van der Waals surface area contributed by atoms with Gasteiger partial charge in [-0.2, -0.15) is 13.2 Å². The molecule has 1 heterocycles. The topological polar surface area (TPSA) is 35.1 Å². The minimum Gasteiger partial charge on any atom is -0.407 e. The molecule has 2 aromatic rings. The molecule has 0 amide bonds. The van der Waals surface area contributed by atoms with E-state index in [-0.39, 0.29) is 10.5 Å². The summed E-state index contributed by atoms with van der Waals surface area (Å²) in [5.41, 5.74) is -1.53. The van der Waals surface area contributed by atoms with Gasteiger partial charge in [0, 0.05) is 12.1 Å². The van der Waals surface area contributed by atoms with Crippen molar-refractivity contribution >= 4 is 22.7 Å². The summed E-state index contributed by atoms with van der Waals surface area (Å²) < 4.78 is 43.3. The zero-order valence-corrected chi connectivity index (χ0v) is 8.69. The molecule has 0 unspecified atom stereocenters. The molecule has 86 valence electrons. The van der Waals surface area contributed by atoms with Crippen molar-refractivity contribution < 1.29 is 17.6 Å². The zero-order valence-electron chi connectivity index (χ0n) is 7.93. The number of rotatable bonds is 0. The van der Waals surface area contributed by atoms with E-state index in [0.717, 1.165) is 10.6 Å². The quantitative estimate of drug-likeness (QED) is 0.722. The van der Waals surface area contributed by atoms with Crippen LogP contribution in [0.25, 0.3) is 11.1 Å². The van der Waals surface area contributed by atoms with Gasteiger partial charge in [0.1, 0.15) is 5.56 Å². The zero-order chi connectivity index (χ0) is 12.1. The van der Waals surface area contributed by atoms with Crippen LogP contribution >= 0.6 is 11.6 Å². The Balaban J connectivity index is 2.95. The molecule has 7 heteroatoms. The van der Waals surface area contributed by atoms with E-state index in [4.69, 9.17) is 11.6 Å². The van der Waals surface area contributed by atoms with Crippen LogP contribution in [0.1, 0.15) is 5.56 Å². The van der Waals surface area contributed by atoms with Gasteiger partial charge in [0.25, 0.3) is 0 Å². The number of benzene rings is 1. The van der Waals surface area contributed by atoms with Crippen LogP contribution in [0.3, 0.4) is 0 Å². The number of alkyl halides is 3. The Kier molecular flexibility index (Phi) is 2.27. The molecule has 1 aromatic carbocycles. The van der Waals surface area contributed by atoms with Crippen LogP contribution in [-0.2, 0) is 13.2 Å². The number of aromatic nitrogens is 1. The minimum absolute atomic E-state index is 0.0184. The lowest BCUT2D eigenvalue weighted by Crippen LogP contribution is -2.08. The van der Waals surface area contributed by atoms with Crippen molar-refractivity contribution in [3.63, 3.8) is 0 Å². The minimum atomic E-state index is -4.61. The molecular formula is C9H5ClF3NO2. The van der Waals surface area contributed by atoms with E-state index in [0.29, 0.717) is 0 Å². The van der Waals surface area contributed by atoms with E-state index >= 15 is 0 Å². The van der Waals surface area contributed by atoms with E-state index in [2.05, 4.69) is 4.42 Å². The molecule has 3 nitrogen and oxygen atoms in total. The summed E-state index contributed by atoms with van der Waals surface area (Å²) in [6.07, 6.45) is -4.61. The first-order chi connectivity index (χ1) is 7.30. The molecule has 0 aliphatic heterocycles. The van der Waals surface area contributed by atoms with Crippen molar-refractivity contribution in [3.05, 3.63) is 33.3 Å². The third-order valence-electron chi connectivity index (χ3n) is 2.16. The van der Waals surface area contributed by atoms with Gasteiger partial charge in [0.2, 0.25) is 0 Å². The Bertz CT molecular complexity index is 611. The number of hydrogen-bond acceptors (Lipinski definition) is 2. The maximum absolute atomic E-state index is 12.6. The third-order valence-corrected chi connectivity index (χ3v) is 2.38. The molecule has 0 saturated carbocycles. The third kappa shape index (κ3) is 1.59. The van der Waals surface area contributed by atoms with Gasteiger partial charge in [-0.05, 0) is 12.1 Å². The molecule has 0 N–H and O–H groups in total. The van der Waals surface area contributed by atoms with Gasteiger partial charge in [-0.1, -0.05) is 11.6 Å². The summed E-state index contributed by atoms with van der Waals surface area (Å²) in [6.45, 7) is 0. The van der Waals surface area contributed by atoms with Gasteiger partial charge in [-0.3, -0.25) is 4.57 Å². The summed E-state index contributed by atoms with van der Waals surface area (Å²) in [6, 6.07) is 1.98. The molecule has 0 atom stereocenters. The number of fused-ring (bicyclic) bond motifs is 1. The summed E-state index contributed by atoms with van der Waals surface area (Å²) in [5, 5.41) is -0.101. The van der Waals surface area contributed by atoms with Gasteiger partial charge in [-0.25, -0.2) is 4.79 Å². The van der Waals surface area contributed by atoms with Gasteiger partial charge in [-0.15, -0.1) is 0 Å². The monoisotopic (exact) mass is 251 g/mol. The molecule has 0 aliphatic rings. The van der Waals surface area contributed by atoms with Crippen molar-refractivity contribution in [1.29, 1.82) is 0 Å². The molecule has 0 radical (unpaired) electrons. The first-order valence-electron chi connectivity index (χ1n) is 4.17. The normalized spacial score (nSPS) is 12.3. The Morgan fingerprint density at radius 1 is 1.38 bits per heavy atom. The lowest BCUT2D eigenvalue weighted by atomic mass is 10.2. The van der Waals surface area contributed by atoms with Gasteiger partial charge in [0.15, 0.2) is 5.58 Å². The summed E-state index contributed by atoms with van der Waals surface area (Å²) in [7, 11) is 1.31. The first kappa shape index (κ1) is 11.1. The number of hydrogen-bond donors (Lipinski definition) is 0. The number of nitrogens with zero attached hydrogens (tertiary/aromatic N) is 1. The molecule has 0 aliphatic carbocycles. The van der Waals surface area contributed by atoms with E-state index in [1.54, 1.807) is 0 Å². The molecule has 1 aromatic heterocycles. The Hall–Kier alpha value is -1.43. The number of halogens is 4. The average Bonchev–Trinajstić information content (AvgIpc) is 2.42. The van der Waals surface area contributed by atoms with Crippen LogP contribution in [0.5, 0.6) is 0 Å². The Morgan fingerprint density at radius 2 is 2.00 bits per heavy atom. The maximum atomic E-state index is 12.6. The average molecular weight is 252 g/mol. The summed E-state index contributed by atoms with van der Waals surface area (Å²) >= 11 is 5.55. The van der Waals surface area contributed by atoms with Crippen LogP contribution < -0.4 is 5.76 Å². The summed E-state index contributed by atoms with van der Waals surface area (Å²) in [4.78, 5) is 11.1. The lowest BCUT2D eigenvalue weighted by Gasteiger charge is -2.07. The fourth-order valence-electron chi connectivity index (χ4n) is 1.40. The van der Waals surface area contributed by atoms with E-state index < -0.39 is 23.1 Å². The highest BCUT2D eigenvalue weighted by Crippen LogP contribution is 2.36. The predicted molar refractivity (Wildman–Crippen MR) is 51.5 cm³/mol. The van der Waals surface area contributed by atoms with E-state index in [1.165, 1.54) is 13.1 Å². The molecule has 0 fully saturated rings. The molecule has 0 saturated heterocycles. The van der Waals surface area contributed by atoms with Gasteiger partial charge >= 0.3 is 11.9 Å². The van der Waals surface area contributed by atoms with Gasteiger partial charge in [0.05, 0.1) is 5.52 Å². The maximum Gasteiger partial charge on any atom is 0.420 e. The fourth-order valence-corrected chi connectivity index (χ4v) is 1.61. The Labute approximate surface area is 92.0 Å². The van der Waals surface area contributed by atoms with Crippen molar-refractivity contribution in [3.8, 4) is 0 Å². The predicted octanol–water partition coefficient (Wildman–Crippen LogP) is 2.80.